The molecule has 0 spiro atoms. The van der Waals surface area contributed by atoms with Gasteiger partial charge in [-0.25, -0.2) is 10.2 Å². The van der Waals surface area contributed by atoms with Crippen molar-refractivity contribution in [3.05, 3.63) is 142 Å². The highest BCUT2D eigenvalue weighted by atomic mass is 16.6. The van der Waals surface area contributed by atoms with Crippen molar-refractivity contribution >= 4 is 61.5 Å². The molecule has 6 aromatic carbocycles. The molecule has 0 radical (unpaired) electrons. The topological polar surface area (TPSA) is 154 Å². The van der Waals surface area contributed by atoms with Crippen molar-refractivity contribution in [1.82, 2.24) is 35.8 Å². The number of para-hydroxylation sites is 2. The second kappa shape index (κ2) is 11.9. The third-order valence-electron chi connectivity index (χ3n) is 9.20. The number of rotatable bonds is 2. The van der Waals surface area contributed by atoms with Crippen LogP contribution < -0.4 is 0 Å². The fourth-order valence-electron chi connectivity index (χ4n) is 6.80. The van der Waals surface area contributed by atoms with Crippen molar-refractivity contribution in [2.45, 2.75) is 12.8 Å². The molecule has 1 aliphatic carbocycles. The second-order valence-electron chi connectivity index (χ2n) is 12.1. The number of H-pyrrole nitrogens is 3. The number of hydrogen-bond donors (Lipinski definition) is 3. The van der Waals surface area contributed by atoms with Gasteiger partial charge in [-0.1, -0.05) is 66.7 Å². The SMILES string of the molecule is O=[N+]([O-])c1ccccc1-c1ccc2c(c1)N=CC2.c1ccc2c(c1)Cc1cc3n[nH]nc3cc1-2.c1ccc2c(c1)nc1c2ccc2[nH][nH]nc21. The number of nitrogens with one attached hydrogen (secondary N) is 3. The van der Waals surface area contributed by atoms with Crippen LogP contribution in [0.3, 0.4) is 0 Å². The lowest BCUT2D eigenvalue weighted by molar-refractivity contribution is -0.384. The van der Waals surface area contributed by atoms with E-state index in [1.807, 2.05) is 48.7 Å². The Morgan fingerprint density at radius 3 is 2.34 bits per heavy atom. The van der Waals surface area contributed by atoms with Crippen LogP contribution in [0, 0.1) is 10.1 Å². The highest BCUT2D eigenvalue weighted by Gasteiger charge is 2.19. The molecule has 240 valence electrons. The summed E-state index contributed by atoms with van der Waals surface area (Å²) in [6.45, 7) is 0. The maximum absolute atomic E-state index is 11.0. The summed E-state index contributed by atoms with van der Waals surface area (Å²) in [6, 6.07) is 37.6. The largest absolute Gasteiger partial charge is 0.283 e. The fraction of sp³-hybridized carbons (Fsp3) is 0.0513. The Hall–Kier alpha value is -7.01. The molecule has 0 saturated carbocycles. The van der Waals surface area contributed by atoms with Gasteiger partial charge in [0, 0.05) is 29.5 Å². The molecule has 0 saturated heterocycles. The van der Waals surface area contributed by atoms with Gasteiger partial charge in [-0.05, 0) is 82.3 Å². The lowest BCUT2D eigenvalue weighted by Crippen LogP contribution is -1.91. The van der Waals surface area contributed by atoms with Crippen LogP contribution in [0.2, 0.25) is 0 Å². The van der Waals surface area contributed by atoms with Crippen LogP contribution in [0.25, 0.3) is 66.1 Å². The number of aliphatic imine (C=N–C) groups is 1. The van der Waals surface area contributed by atoms with Gasteiger partial charge in [-0.3, -0.25) is 20.2 Å². The first kappa shape index (κ1) is 29.2. The average Bonchev–Trinajstić information content (AvgIpc) is 3.99. The van der Waals surface area contributed by atoms with E-state index in [4.69, 9.17) is 0 Å². The molecule has 3 N–H and O–H groups in total. The van der Waals surface area contributed by atoms with Crippen molar-refractivity contribution in [2.24, 2.45) is 4.99 Å². The Labute approximate surface area is 283 Å². The van der Waals surface area contributed by atoms with Gasteiger partial charge in [-0.2, -0.15) is 20.5 Å². The predicted octanol–water partition coefficient (Wildman–Crippen LogP) is 8.64. The highest BCUT2D eigenvalue weighted by Crippen LogP contribution is 2.38. The smallest absolute Gasteiger partial charge is 0.277 e. The summed E-state index contributed by atoms with van der Waals surface area (Å²) in [5, 5.41) is 34.2. The predicted molar refractivity (Wildman–Crippen MR) is 196 cm³/mol. The van der Waals surface area contributed by atoms with Crippen LogP contribution in [-0.2, 0) is 12.8 Å². The molecule has 11 nitrogen and oxygen atoms in total. The first-order valence-electron chi connectivity index (χ1n) is 16.1. The summed E-state index contributed by atoms with van der Waals surface area (Å²) in [4.78, 5) is 19.5. The standard InChI is InChI=1S/C14H10N2O2.C13H9N3.C12H8N4/c17-16(18)14-4-2-1-3-12(14)11-6-5-10-7-8-15-13(10)9-11;1-2-4-10-8(3-1)5-9-6-12-13(7-11(9)10)15-16-14-12;1-2-4-9-7(3-1)8-5-6-10-12(11(8)13-9)15-16-14-10/h1-6,8-9H,7H2;1-4,6-7H,5H2,(H,14,15,16);1-6,14,16H. The van der Waals surface area contributed by atoms with Gasteiger partial charge in [0.05, 0.1) is 27.2 Å². The Morgan fingerprint density at radius 2 is 1.44 bits per heavy atom. The molecular weight excluding hydrogens is 626 g/mol. The minimum atomic E-state index is -0.355. The Morgan fingerprint density at radius 1 is 0.640 bits per heavy atom. The van der Waals surface area contributed by atoms with Crippen LogP contribution in [0.1, 0.15) is 16.7 Å². The molecule has 1 aliphatic heterocycles. The molecule has 0 amide bonds. The molecule has 11 heteroatoms. The van der Waals surface area contributed by atoms with Crippen LogP contribution in [-0.4, -0.2) is 46.9 Å². The minimum Gasteiger partial charge on any atom is -0.283 e. The van der Waals surface area contributed by atoms with Crippen molar-refractivity contribution in [2.75, 3.05) is 0 Å². The van der Waals surface area contributed by atoms with Crippen molar-refractivity contribution < 1.29 is 4.92 Å². The quantitative estimate of drug-likeness (QED) is 0.125. The maximum atomic E-state index is 11.0. The van der Waals surface area contributed by atoms with Gasteiger partial charge in [-0.15, -0.1) is 0 Å². The molecule has 0 bridgehead atoms. The first-order valence-corrected chi connectivity index (χ1v) is 16.1. The maximum Gasteiger partial charge on any atom is 0.277 e. The van der Waals surface area contributed by atoms with Crippen LogP contribution >= 0.6 is 0 Å². The zero-order chi connectivity index (χ0) is 33.6. The van der Waals surface area contributed by atoms with Gasteiger partial charge in [0.1, 0.15) is 22.1 Å². The Kier molecular flexibility index (Phi) is 6.94. The number of fused-ring (bicyclic) bond motifs is 10. The number of aromatic amines is 3. The molecule has 2 aliphatic rings. The third kappa shape index (κ3) is 5.04. The van der Waals surface area contributed by atoms with Crippen molar-refractivity contribution in [3.63, 3.8) is 0 Å². The number of aromatic nitrogens is 7. The Balaban J connectivity index is 0.000000101. The summed E-state index contributed by atoms with van der Waals surface area (Å²) in [7, 11) is 0. The fourth-order valence-corrected chi connectivity index (χ4v) is 6.80. The van der Waals surface area contributed by atoms with E-state index in [9.17, 15) is 10.1 Å². The monoisotopic (exact) mass is 653 g/mol. The number of nitro groups is 1. The van der Waals surface area contributed by atoms with E-state index in [0.29, 0.717) is 5.56 Å². The number of benzene rings is 6. The third-order valence-corrected chi connectivity index (χ3v) is 9.20. The average molecular weight is 654 g/mol. The van der Waals surface area contributed by atoms with Crippen molar-refractivity contribution in [3.8, 4) is 22.3 Å². The zero-order valence-electron chi connectivity index (χ0n) is 26.5. The lowest BCUT2D eigenvalue weighted by atomic mass is 10.0. The van der Waals surface area contributed by atoms with Crippen LogP contribution in [0.5, 0.6) is 0 Å². The van der Waals surface area contributed by atoms with E-state index < -0.39 is 0 Å². The van der Waals surface area contributed by atoms with Gasteiger partial charge in [0.2, 0.25) is 0 Å². The zero-order valence-corrected chi connectivity index (χ0v) is 26.5. The van der Waals surface area contributed by atoms with E-state index in [1.165, 1.54) is 33.7 Å². The van der Waals surface area contributed by atoms with Gasteiger partial charge in [0.15, 0.2) is 0 Å². The molecule has 11 rings (SSSR count). The normalized spacial score (nSPS) is 12.3. The first-order chi connectivity index (χ1) is 24.6. The number of nitrogens with zero attached hydrogens (tertiary/aromatic N) is 6. The molecule has 50 heavy (non-hydrogen) atoms. The second-order valence-corrected chi connectivity index (χ2v) is 12.1. The molecule has 9 aromatic rings. The summed E-state index contributed by atoms with van der Waals surface area (Å²) in [5.74, 6) is 0. The molecule has 4 heterocycles. The number of hydrogen-bond acceptors (Lipinski definition) is 7. The van der Waals surface area contributed by atoms with E-state index >= 15 is 0 Å². The summed E-state index contributed by atoms with van der Waals surface area (Å²) >= 11 is 0. The summed E-state index contributed by atoms with van der Waals surface area (Å²) < 4.78 is 0. The molecule has 0 atom stereocenters. The lowest BCUT2D eigenvalue weighted by Gasteiger charge is -2.05. The van der Waals surface area contributed by atoms with E-state index in [2.05, 4.69) is 89.3 Å². The van der Waals surface area contributed by atoms with Gasteiger partial charge in [0.25, 0.3) is 5.69 Å². The van der Waals surface area contributed by atoms with E-state index in [0.717, 1.165) is 68.1 Å². The minimum absolute atomic E-state index is 0.124. The van der Waals surface area contributed by atoms with E-state index in [1.54, 1.807) is 18.2 Å². The van der Waals surface area contributed by atoms with Crippen LogP contribution in [0.15, 0.2) is 120 Å². The Bertz CT molecular complexity index is 2770. The molecule has 0 unspecified atom stereocenters. The number of nitro benzene ring substituents is 1. The molecule has 0 fully saturated rings. The van der Waals surface area contributed by atoms with Crippen molar-refractivity contribution in [1.29, 1.82) is 0 Å². The van der Waals surface area contributed by atoms with Crippen LogP contribution in [0.4, 0.5) is 11.4 Å². The summed E-state index contributed by atoms with van der Waals surface area (Å²) in [5.41, 5.74) is 14.8. The van der Waals surface area contributed by atoms with Gasteiger partial charge >= 0.3 is 0 Å². The van der Waals surface area contributed by atoms with E-state index in [-0.39, 0.29) is 10.6 Å². The molecule has 3 aromatic heterocycles. The highest BCUT2D eigenvalue weighted by molar-refractivity contribution is 6.15. The molecular formula is C39H27N9O2. The van der Waals surface area contributed by atoms with Gasteiger partial charge < -0.3 is 0 Å². The summed E-state index contributed by atoms with van der Waals surface area (Å²) in [6.07, 6.45) is 3.70.